The number of anilines is 1. The Morgan fingerprint density at radius 3 is 2.76 bits per heavy atom. The molecule has 0 aromatic carbocycles. The third kappa shape index (κ3) is 3.12. The molecule has 1 unspecified atom stereocenters. The minimum absolute atomic E-state index is 0.0835. The molecule has 0 aliphatic heterocycles. The van der Waals surface area contributed by atoms with Crippen LogP contribution in [0, 0.1) is 17.0 Å². The molecule has 0 spiro atoms. The number of aromatic nitrogens is 2. The number of nitro groups is 1. The Hall–Kier alpha value is -1.24. The van der Waals surface area contributed by atoms with Gasteiger partial charge < -0.3 is 5.32 Å². The maximum atomic E-state index is 11.0. The molecule has 1 heterocycles. The van der Waals surface area contributed by atoms with Gasteiger partial charge in [0.1, 0.15) is 5.69 Å². The number of hydrogen-bond donors (Lipinski definition) is 1. The summed E-state index contributed by atoms with van der Waals surface area (Å²) in [6.07, 6.45) is 2.02. The van der Waals surface area contributed by atoms with E-state index in [4.69, 9.17) is 0 Å². The number of thioether (sulfide) groups is 1. The average Bonchev–Trinajstić information content (AvgIpc) is 2.62. The molecule has 0 fully saturated rings. The Balaban J connectivity index is 2.98. The molecule has 1 atom stereocenters. The maximum Gasteiger partial charge on any atom is 0.333 e. The van der Waals surface area contributed by atoms with Crippen molar-refractivity contribution in [2.45, 2.75) is 32.6 Å². The molecule has 0 radical (unpaired) electrons. The Morgan fingerprint density at radius 2 is 2.29 bits per heavy atom. The molecule has 0 amide bonds. The van der Waals surface area contributed by atoms with Crippen molar-refractivity contribution in [3.8, 4) is 0 Å². The van der Waals surface area contributed by atoms with Gasteiger partial charge in [-0.1, -0.05) is 6.92 Å². The number of nitrogens with zero attached hydrogens (tertiary/aromatic N) is 3. The summed E-state index contributed by atoms with van der Waals surface area (Å²) in [5, 5.41) is 18.7. The standard InChI is InChI=1S/C10H18N4O2S/c1-5-13-10(11-6-7(2)17-4)9(14(15)16)8(3)12-13/h7,11H,5-6H2,1-4H3. The highest BCUT2D eigenvalue weighted by molar-refractivity contribution is 7.99. The predicted octanol–water partition coefficient (Wildman–Crippen LogP) is 2.28. The summed E-state index contributed by atoms with van der Waals surface area (Å²) >= 11 is 1.72. The fraction of sp³-hybridized carbons (Fsp3) is 0.700. The Labute approximate surface area is 105 Å². The van der Waals surface area contributed by atoms with E-state index >= 15 is 0 Å². The van der Waals surface area contributed by atoms with Crippen LogP contribution in [-0.2, 0) is 6.54 Å². The Bertz CT molecular complexity index is 405. The van der Waals surface area contributed by atoms with Crippen molar-refractivity contribution in [3.05, 3.63) is 15.8 Å². The highest BCUT2D eigenvalue weighted by Gasteiger charge is 2.24. The van der Waals surface area contributed by atoms with E-state index in [-0.39, 0.29) is 10.6 Å². The zero-order chi connectivity index (χ0) is 13.0. The molecule has 1 rings (SSSR count). The minimum atomic E-state index is -0.374. The van der Waals surface area contributed by atoms with E-state index in [0.717, 1.165) is 0 Å². The largest absolute Gasteiger partial charge is 0.363 e. The van der Waals surface area contributed by atoms with Crippen LogP contribution in [0.25, 0.3) is 0 Å². The fourth-order valence-electron chi connectivity index (χ4n) is 1.52. The molecule has 17 heavy (non-hydrogen) atoms. The van der Waals surface area contributed by atoms with Gasteiger partial charge in [-0.3, -0.25) is 10.1 Å². The number of hydrogen-bond acceptors (Lipinski definition) is 5. The smallest absolute Gasteiger partial charge is 0.333 e. The molecule has 7 heteroatoms. The van der Waals surface area contributed by atoms with Crippen LogP contribution >= 0.6 is 11.8 Å². The minimum Gasteiger partial charge on any atom is -0.363 e. The molecule has 96 valence electrons. The first-order valence-corrected chi connectivity index (χ1v) is 6.78. The van der Waals surface area contributed by atoms with Gasteiger partial charge in [-0.15, -0.1) is 0 Å². The van der Waals surface area contributed by atoms with Gasteiger partial charge in [-0.05, 0) is 20.1 Å². The zero-order valence-electron chi connectivity index (χ0n) is 10.6. The first-order valence-electron chi connectivity index (χ1n) is 5.49. The second kappa shape index (κ2) is 5.90. The van der Waals surface area contributed by atoms with Gasteiger partial charge in [0.25, 0.3) is 0 Å². The average molecular weight is 258 g/mol. The van der Waals surface area contributed by atoms with Crippen molar-refractivity contribution in [2.24, 2.45) is 0 Å². The summed E-state index contributed by atoms with van der Waals surface area (Å²) in [6, 6.07) is 0. The quantitative estimate of drug-likeness (QED) is 0.626. The van der Waals surface area contributed by atoms with E-state index in [2.05, 4.69) is 17.3 Å². The van der Waals surface area contributed by atoms with Crippen LogP contribution in [0.5, 0.6) is 0 Å². The second-order valence-electron chi connectivity index (χ2n) is 3.78. The van der Waals surface area contributed by atoms with Crippen molar-refractivity contribution in [1.82, 2.24) is 9.78 Å². The lowest BCUT2D eigenvalue weighted by atomic mass is 10.3. The monoisotopic (exact) mass is 258 g/mol. The number of nitrogens with one attached hydrogen (secondary N) is 1. The highest BCUT2D eigenvalue weighted by atomic mass is 32.2. The van der Waals surface area contributed by atoms with Gasteiger partial charge in [-0.25, -0.2) is 4.68 Å². The normalized spacial score (nSPS) is 12.5. The van der Waals surface area contributed by atoms with Crippen molar-refractivity contribution in [3.63, 3.8) is 0 Å². The number of rotatable bonds is 6. The lowest BCUT2D eigenvalue weighted by Gasteiger charge is -2.11. The lowest BCUT2D eigenvalue weighted by molar-refractivity contribution is -0.384. The molecule has 1 aromatic heterocycles. The summed E-state index contributed by atoms with van der Waals surface area (Å²) in [6.45, 7) is 6.95. The van der Waals surface area contributed by atoms with Crippen molar-refractivity contribution in [1.29, 1.82) is 0 Å². The van der Waals surface area contributed by atoms with Gasteiger partial charge in [0.2, 0.25) is 5.82 Å². The van der Waals surface area contributed by atoms with Crippen LogP contribution < -0.4 is 5.32 Å². The van der Waals surface area contributed by atoms with Crippen molar-refractivity contribution in [2.75, 3.05) is 18.1 Å². The molecular formula is C10H18N4O2S. The van der Waals surface area contributed by atoms with Gasteiger partial charge >= 0.3 is 5.69 Å². The topological polar surface area (TPSA) is 73.0 Å². The van der Waals surface area contributed by atoms with Gasteiger partial charge in [-0.2, -0.15) is 16.9 Å². The first kappa shape index (κ1) is 13.8. The van der Waals surface area contributed by atoms with Crippen LogP contribution in [-0.4, -0.2) is 32.8 Å². The molecular weight excluding hydrogens is 240 g/mol. The SMILES string of the molecule is CCn1nc(C)c([N+](=O)[O-])c1NCC(C)SC. The molecule has 1 aromatic rings. The van der Waals surface area contributed by atoms with Crippen LogP contribution in [0.1, 0.15) is 19.5 Å². The van der Waals surface area contributed by atoms with Gasteiger partial charge in [0, 0.05) is 18.3 Å². The molecule has 0 aliphatic rings. The van der Waals surface area contributed by atoms with E-state index in [0.29, 0.717) is 29.9 Å². The van der Waals surface area contributed by atoms with Gasteiger partial charge in [0.05, 0.1) is 4.92 Å². The summed E-state index contributed by atoms with van der Waals surface area (Å²) < 4.78 is 1.64. The summed E-state index contributed by atoms with van der Waals surface area (Å²) in [5.41, 5.74) is 0.538. The molecule has 0 saturated carbocycles. The van der Waals surface area contributed by atoms with Crippen LogP contribution in [0.3, 0.4) is 0 Å². The van der Waals surface area contributed by atoms with E-state index in [1.165, 1.54) is 0 Å². The summed E-state index contributed by atoms with van der Waals surface area (Å²) in [4.78, 5) is 10.6. The predicted molar refractivity (Wildman–Crippen MR) is 70.8 cm³/mol. The maximum absolute atomic E-state index is 11.0. The van der Waals surface area contributed by atoms with E-state index < -0.39 is 0 Å². The van der Waals surface area contributed by atoms with Crippen LogP contribution in [0.4, 0.5) is 11.5 Å². The van der Waals surface area contributed by atoms with Gasteiger partial charge in [0.15, 0.2) is 0 Å². The number of aryl methyl sites for hydroxylation is 2. The highest BCUT2D eigenvalue weighted by Crippen LogP contribution is 2.28. The van der Waals surface area contributed by atoms with Crippen LogP contribution in [0.15, 0.2) is 0 Å². The fourth-order valence-corrected chi connectivity index (χ4v) is 1.77. The molecule has 0 bridgehead atoms. The zero-order valence-corrected chi connectivity index (χ0v) is 11.4. The van der Waals surface area contributed by atoms with Crippen LogP contribution in [0.2, 0.25) is 0 Å². The van der Waals surface area contributed by atoms with Crippen molar-refractivity contribution < 1.29 is 4.92 Å². The lowest BCUT2D eigenvalue weighted by Crippen LogP contribution is -2.16. The summed E-state index contributed by atoms with van der Waals surface area (Å²) in [7, 11) is 0. The van der Waals surface area contributed by atoms with E-state index in [1.54, 1.807) is 23.4 Å². The van der Waals surface area contributed by atoms with E-state index in [9.17, 15) is 10.1 Å². The van der Waals surface area contributed by atoms with E-state index in [1.807, 2.05) is 13.2 Å². The molecule has 0 aliphatic carbocycles. The second-order valence-corrected chi connectivity index (χ2v) is 5.06. The van der Waals surface area contributed by atoms with Crippen molar-refractivity contribution >= 4 is 23.3 Å². The third-order valence-corrected chi connectivity index (χ3v) is 3.51. The molecule has 6 nitrogen and oxygen atoms in total. The summed E-state index contributed by atoms with van der Waals surface area (Å²) in [5.74, 6) is 0.510. The Kier molecular flexibility index (Phi) is 4.80. The molecule has 1 N–H and O–H groups in total. The Morgan fingerprint density at radius 1 is 1.65 bits per heavy atom. The molecule has 0 saturated heterocycles. The first-order chi connectivity index (χ1) is 8.01. The third-order valence-electron chi connectivity index (χ3n) is 2.54.